The molecule has 0 aromatic heterocycles. The van der Waals surface area contributed by atoms with Crippen molar-refractivity contribution in [2.24, 2.45) is 0 Å². The fourth-order valence-corrected chi connectivity index (χ4v) is 2.17. The molecule has 14 heavy (non-hydrogen) atoms. The lowest BCUT2D eigenvalue weighted by molar-refractivity contribution is 0.197. The molecular formula is C11H21N3. The summed E-state index contributed by atoms with van der Waals surface area (Å²) < 4.78 is 0. The molecule has 1 heterocycles. The van der Waals surface area contributed by atoms with Crippen LogP contribution in [0.2, 0.25) is 0 Å². The van der Waals surface area contributed by atoms with Gasteiger partial charge in [-0.2, -0.15) is 5.26 Å². The van der Waals surface area contributed by atoms with Gasteiger partial charge in [0.15, 0.2) is 0 Å². The van der Waals surface area contributed by atoms with Gasteiger partial charge in [-0.05, 0) is 39.9 Å². The van der Waals surface area contributed by atoms with Crippen molar-refractivity contribution in [2.45, 2.75) is 38.3 Å². The van der Waals surface area contributed by atoms with Gasteiger partial charge in [0.2, 0.25) is 0 Å². The Morgan fingerprint density at radius 3 is 2.79 bits per heavy atom. The van der Waals surface area contributed by atoms with Gasteiger partial charge in [0.05, 0.1) is 12.1 Å². The van der Waals surface area contributed by atoms with Crippen LogP contribution in [0.4, 0.5) is 0 Å². The van der Waals surface area contributed by atoms with Crippen molar-refractivity contribution in [1.82, 2.24) is 9.80 Å². The fraction of sp³-hybridized carbons (Fsp3) is 0.909. The molecule has 1 rings (SSSR count). The van der Waals surface area contributed by atoms with Crippen molar-refractivity contribution in [1.29, 1.82) is 5.26 Å². The molecule has 3 nitrogen and oxygen atoms in total. The predicted octanol–water partition coefficient (Wildman–Crippen LogP) is 1.31. The summed E-state index contributed by atoms with van der Waals surface area (Å²) in [6.07, 6.45) is 3.50. The highest BCUT2D eigenvalue weighted by Gasteiger charge is 2.24. The van der Waals surface area contributed by atoms with Crippen molar-refractivity contribution in [2.75, 3.05) is 27.2 Å². The minimum Gasteiger partial charge on any atom is -0.302 e. The maximum Gasteiger partial charge on any atom is 0.0973 e. The Hall–Kier alpha value is -0.590. The highest BCUT2D eigenvalue weighted by atomic mass is 15.2. The standard InChI is InChI=1S/C11H21N3/c1-4-10(8-12)14(3)9-11-6-5-7-13(11)2/h10-11H,4-7,9H2,1-3H3. The summed E-state index contributed by atoms with van der Waals surface area (Å²) in [5.41, 5.74) is 0. The number of hydrogen-bond acceptors (Lipinski definition) is 3. The highest BCUT2D eigenvalue weighted by molar-refractivity contribution is 4.91. The van der Waals surface area contributed by atoms with Crippen LogP contribution in [0, 0.1) is 11.3 Å². The van der Waals surface area contributed by atoms with E-state index in [0.717, 1.165) is 13.0 Å². The lowest BCUT2D eigenvalue weighted by Crippen LogP contribution is -2.40. The normalized spacial score (nSPS) is 25.2. The fourth-order valence-electron chi connectivity index (χ4n) is 2.17. The molecule has 1 saturated heterocycles. The number of nitrogens with zero attached hydrogens (tertiary/aromatic N) is 3. The molecule has 0 aromatic carbocycles. The molecule has 80 valence electrons. The molecule has 0 aliphatic carbocycles. The topological polar surface area (TPSA) is 30.3 Å². The summed E-state index contributed by atoms with van der Waals surface area (Å²) in [5.74, 6) is 0. The van der Waals surface area contributed by atoms with Crippen LogP contribution in [0.1, 0.15) is 26.2 Å². The molecule has 1 fully saturated rings. The summed E-state index contributed by atoms with van der Waals surface area (Å²) in [6, 6.07) is 3.09. The van der Waals surface area contributed by atoms with E-state index in [9.17, 15) is 0 Å². The van der Waals surface area contributed by atoms with Gasteiger partial charge in [0.1, 0.15) is 0 Å². The average molecular weight is 195 g/mol. The molecule has 0 aromatic rings. The van der Waals surface area contributed by atoms with Crippen molar-refractivity contribution < 1.29 is 0 Å². The zero-order valence-corrected chi connectivity index (χ0v) is 9.53. The van der Waals surface area contributed by atoms with E-state index in [4.69, 9.17) is 5.26 Å². The first-order valence-electron chi connectivity index (χ1n) is 5.49. The van der Waals surface area contributed by atoms with Crippen molar-refractivity contribution in [3.63, 3.8) is 0 Å². The summed E-state index contributed by atoms with van der Waals surface area (Å²) >= 11 is 0. The molecule has 1 aliphatic heterocycles. The van der Waals surface area contributed by atoms with Crippen LogP contribution in [0.5, 0.6) is 0 Å². The number of likely N-dealkylation sites (N-methyl/N-ethyl adjacent to an activating group) is 2. The van der Waals surface area contributed by atoms with Gasteiger partial charge in [-0.3, -0.25) is 4.90 Å². The van der Waals surface area contributed by atoms with Crippen molar-refractivity contribution in [3.05, 3.63) is 0 Å². The third-order valence-electron chi connectivity index (χ3n) is 3.24. The first-order chi connectivity index (χ1) is 6.69. The number of likely N-dealkylation sites (tertiary alicyclic amines) is 1. The molecule has 3 heteroatoms. The first-order valence-corrected chi connectivity index (χ1v) is 5.49. The van der Waals surface area contributed by atoms with E-state index < -0.39 is 0 Å². The van der Waals surface area contributed by atoms with E-state index in [1.54, 1.807) is 0 Å². The Bertz CT molecular complexity index is 209. The second kappa shape index (κ2) is 5.33. The molecule has 0 bridgehead atoms. The lowest BCUT2D eigenvalue weighted by Gasteiger charge is -2.28. The molecule has 0 amide bonds. The van der Waals surface area contributed by atoms with Crippen LogP contribution in [-0.2, 0) is 0 Å². The van der Waals surface area contributed by atoms with Crippen LogP contribution < -0.4 is 0 Å². The van der Waals surface area contributed by atoms with E-state index in [0.29, 0.717) is 6.04 Å². The van der Waals surface area contributed by atoms with Crippen LogP contribution in [-0.4, -0.2) is 49.1 Å². The minimum absolute atomic E-state index is 0.0870. The van der Waals surface area contributed by atoms with Crippen molar-refractivity contribution in [3.8, 4) is 6.07 Å². The molecule has 0 N–H and O–H groups in total. The van der Waals surface area contributed by atoms with Gasteiger partial charge in [-0.15, -0.1) is 0 Å². The predicted molar refractivity (Wildman–Crippen MR) is 58.0 cm³/mol. The molecule has 1 aliphatic rings. The molecule has 2 unspecified atom stereocenters. The number of rotatable bonds is 4. The molecule has 0 spiro atoms. The van der Waals surface area contributed by atoms with Crippen LogP contribution >= 0.6 is 0 Å². The first kappa shape index (κ1) is 11.5. The smallest absolute Gasteiger partial charge is 0.0973 e. The molecule has 0 saturated carbocycles. The Kier molecular flexibility index (Phi) is 4.37. The van der Waals surface area contributed by atoms with E-state index >= 15 is 0 Å². The van der Waals surface area contributed by atoms with Crippen molar-refractivity contribution >= 4 is 0 Å². The summed E-state index contributed by atoms with van der Waals surface area (Å²) in [6.45, 7) is 4.31. The Morgan fingerprint density at radius 1 is 1.64 bits per heavy atom. The number of nitriles is 1. The maximum atomic E-state index is 8.93. The summed E-state index contributed by atoms with van der Waals surface area (Å²) in [7, 11) is 4.24. The Balaban J connectivity index is 2.39. The summed E-state index contributed by atoms with van der Waals surface area (Å²) in [4.78, 5) is 4.59. The Labute approximate surface area is 87.3 Å². The maximum absolute atomic E-state index is 8.93. The van der Waals surface area contributed by atoms with Crippen LogP contribution in [0.15, 0.2) is 0 Å². The average Bonchev–Trinajstić information content (AvgIpc) is 2.54. The van der Waals surface area contributed by atoms with E-state index in [1.165, 1.54) is 19.4 Å². The van der Waals surface area contributed by atoms with Gasteiger partial charge in [-0.1, -0.05) is 6.92 Å². The second-order valence-electron chi connectivity index (χ2n) is 4.27. The van der Waals surface area contributed by atoms with Gasteiger partial charge >= 0.3 is 0 Å². The molecular weight excluding hydrogens is 174 g/mol. The van der Waals surface area contributed by atoms with Crippen LogP contribution in [0.3, 0.4) is 0 Å². The van der Waals surface area contributed by atoms with E-state index in [2.05, 4.69) is 36.9 Å². The quantitative estimate of drug-likeness (QED) is 0.677. The van der Waals surface area contributed by atoms with Crippen LogP contribution in [0.25, 0.3) is 0 Å². The zero-order chi connectivity index (χ0) is 10.6. The number of hydrogen-bond donors (Lipinski definition) is 0. The van der Waals surface area contributed by atoms with Gasteiger partial charge in [0, 0.05) is 12.6 Å². The van der Waals surface area contributed by atoms with Gasteiger partial charge < -0.3 is 4.90 Å². The van der Waals surface area contributed by atoms with E-state index in [-0.39, 0.29) is 6.04 Å². The third-order valence-corrected chi connectivity index (χ3v) is 3.24. The third kappa shape index (κ3) is 2.70. The highest BCUT2D eigenvalue weighted by Crippen LogP contribution is 2.16. The monoisotopic (exact) mass is 195 g/mol. The Morgan fingerprint density at radius 2 is 2.36 bits per heavy atom. The second-order valence-corrected chi connectivity index (χ2v) is 4.27. The lowest BCUT2D eigenvalue weighted by atomic mass is 10.1. The SMILES string of the molecule is CCC(C#N)N(C)CC1CCCN1C. The zero-order valence-electron chi connectivity index (χ0n) is 9.53. The largest absolute Gasteiger partial charge is 0.302 e. The van der Waals surface area contributed by atoms with E-state index in [1.807, 2.05) is 0 Å². The molecule has 0 radical (unpaired) electrons. The van der Waals surface area contributed by atoms with Gasteiger partial charge in [0.25, 0.3) is 0 Å². The molecule has 2 atom stereocenters. The summed E-state index contributed by atoms with van der Waals surface area (Å²) in [5, 5.41) is 8.93. The van der Waals surface area contributed by atoms with Gasteiger partial charge in [-0.25, -0.2) is 0 Å². The minimum atomic E-state index is 0.0870.